The van der Waals surface area contributed by atoms with Crippen molar-refractivity contribution < 1.29 is 146 Å². The molecule has 8 heteroatoms. The van der Waals surface area contributed by atoms with Gasteiger partial charge < -0.3 is 2.85 Å². The molecule has 0 aromatic heterocycles. The molecule has 0 aliphatic rings. The molecular formula is H5AlCeCrMgMnTiZnZr. The molecular weight excluding hydrogens is 503 g/mol. The molecule has 1 radical (unpaired) electrons. The Kier molecular flexibility index (Phi) is 432. The monoisotopic (exact) mass is 505 g/mol. The van der Waals surface area contributed by atoms with Gasteiger partial charge >= 0.3 is 23.1 Å². The van der Waals surface area contributed by atoms with Gasteiger partial charge in [-0.3, -0.25) is 0 Å². The molecule has 0 nitrogen and oxygen atoms in total. The minimum atomic E-state index is 0. The van der Waals surface area contributed by atoms with Gasteiger partial charge in [0.15, 0.2) is 17.4 Å². The molecule has 0 aliphatic heterocycles. The van der Waals surface area contributed by atoms with E-state index in [0.717, 1.165) is 0 Å². The molecule has 0 aromatic rings. The molecule has 0 saturated carbocycles. The van der Waals surface area contributed by atoms with Crippen molar-refractivity contribution in [3.63, 3.8) is 0 Å². The zero-order chi connectivity index (χ0) is 0. The van der Waals surface area contributed by atoms with Crippen LogP contribution in [0.15, 0.2) is 0 Å². The fraction of sp³-hybridized carbons (Fsp3) is 0. The molecule has 0 aliphatic carbocycles. The molecule has 8 heavy (non-hydrogen) atoms. The summed E-state index contributed by atoms with van der Waals surface area (Å²) in [5, 5.41) is 0. The third kappa shape index (κ3) is 40.5. The van der Waals surface area contributed by atoms with E-state index in [1.54, 1.807) is 0 Å². The zero-order valence-electron chi connectivity index (χ0n) is 5.70. The van der Waals surface area contributed by atoms with E-state index < -0.39 is 0 Å². The molecule has 0 aromatic carbocycles. The van der Waals surface area contributed by atoms with Gasteiger partial charge in [0.1, 0.15) is 0 Å². The van der Waals surface area contributed by atoms with Crippen LogP contribution < -0.4 is 0 Å². The molecule has 0 saturated heterocycles. The van der Waals surface area contributed by atoms with E-state index in [4.69, 9.17) is 0 Å². The van der Waals surface area contributed by atoms with Gasteiger partial charge in [-0.1, -0.05) is 0 Å². The molecule has 37 valence electrons. The second kappa shape index (κ2) is 52.2. The van der Waals surface area contributed by atoms with Crippen LogP contribution in [0.2, 0.25) is 0 Å². The summed E-state index contributed by atoms with van der Waals surface area (Å²) in [6.45, 7) is 0. The molecule has 0 heterocycles. The van der Waals surface area contributed by atoms with E-state index in [2.05, 4.69) is 0 Å². The van der Waals surface area contributed by atoms with Crippen LogP contribution in [-0.4, -0.2) is 40.4 Å². The largest absolute Gasteiger partial charge is 2.00 e. The van der Waals surface area contributed by atoms with E-state index >= 15 is 0 Å². The number of hydrogen-bond donors (Lipinski definition) is 0. The maximum absolute atomic E-state index is 0. The summed E-state index contributed by atoms with van der Waals surface area (Å²) < 4.78 is 0. The van der Waals surface area contributed by atoms with Crippen LogP contribution in [0.5, 0.6) is 0 Å². The SMILES string of the molecule is [AlH3].[Ce].[Cr].[H-].[H-].[Mg+2].[Mn].[Ti].[Zn].[Zr]. The summed E-state index contributed by atoms with van der Waals surface area (Å²) in [7, 11) is 0. The second-order valence-corrected chi connectivity index (χ2v) is 0. The third-order valence-electron chi connectivity index (χ3n) is 0. The Morgan fingerprint density at radius 3 is 1.12 bits per heavy atom. The van der Waals surface area contributed by atoms with Gasteiger partial charge in [0.05, 0.1) is 0 Å². The smallest absolute Gasteiger partial charge is 1.00 e. The zero-order valence-corrected chi connectivity index (χ0v) is 17.7. The number of rotatable bonds is 0. The van der Waals surface area contributed by atoms with Crippen molar-refractivity contribution in [1.82, 2.24) is 0 Å². The van der Waals surface area contributed by atoms with Crippen LogP contribution in [0.25, 0.3) is 0 Å². The summed E-state index contributed by atoms with van der Waals surface area (Å²) in [5.74, 6) is 0. The van der Waals surface area contributed by atoms with Crippen LogP contribution >= 0.6 is 0 Å². The van der Waals surface area contributed by atoms with Crippen LogP contribution in [0.1, 0.15) is 2.85 Å². The first-order chi connectivity index (χ1) is 0. The molecule has 0 fully saturated rings. The van der Waals surface area contributed by atoms with Gasteiger partial charge in [0, 0.05) is 144 Å². The fourth-order valence-electron chi connectivity index (χ4n) is 0. The van der Waals surface area contributed by atoms with Crippen molar-refractivity contribution in [2.75, 3.05) is 0 Å². The second-order valence-electron chi connectivity index (χ2n) is 0. The molecule has 0 atom stereocenters. The Bertz CT molecular complexity index is 31.2. The molecule has 0 unspecified atom stereocenters. The first kappa shape index (κ1) is 66.1. The first-order valence-corrected chi connectivity index (χ1v) is 0. The minimum absolute atomic E-state index is 0. The van der Waals surface area contributed by atoms with Crippen molar-refractivity contribution in [2.45, 2.75) is 0 Å². The van der Waals surface area contributed by atoms with Crippen molar-refractivity contribution >= 4 is 40.4 Å². The summed E-state index contributed by atoms with van der Waals surface area (Å²) in [6.07, 6.45) is 0. The molecule has 0 N–H and O–H groups in total. The fourth-order valence-corrected chi connectivity index (χ4v) is 0. The Balaban J connectivity index is 0. The van der Waals surface area contributed by atoms with Crippen LogP contribution in [0.3, 0.4) is 0 Å². The van der Waals surface area contributed by atoms with Crippen molar-refractivity contribution in [2.24, 2.45) is 0 Å². The van der Waals surface area contributed by atoms with Crippen molar-refractivity contribution in [3.8, 4) is 0 Å². The minimum Gasteiger partial charge on any atom is -1.00 e. The maximum Gasteiger partial charge on any atom is 2.00 e. The summed E-state index contributed by atoms with van der Waals surface area (Å²) >= 11 is 0. The molecule has 0 spiro atoms. The first-order valence-electron chi connectivity index (χ1n) is 0. The quantitative estimate of drug-likeness (QED) is 0.356. The predicted octanol–water partition coefficient (Wildman–Crippen LogP) is -1.35. The van der Waals surface area contributed by atoms with Gasteiger partial charge in [-0.05, 0) is 0 Å². The standard InChI is InChI=1S/Al.Ce.Cr.Mg.Mn.Ti.Zn.Zr.5H/q;;;+2;;;;;;;;2*-1. The Morgan fingerprint density at radius 2 is 1.12 bits per heavy atom. The Morgan fingerprint density at radius 1 is 1.12 bits per heavy atom. The van der Waals surface area contributed by atoms with Crippen LogP contribution in [0, 0.1) is 41.7 Å². The van der Waals surface area contributed by atoms with E-state index in [9.17, 15) is 0 Å². The Hall–Kier alpha value is 5.95. The van der Waals surface area contributed by atoms with E-state index in [-0.39, 0.29) is 187 Å². The van der Waals surface area contributed by atoms with Gasteiger partial charge in [0.2, 0.25) is 0 Å². The summed E-state index contributed by atoms with van der Waals surface area (Å²) in [6, 6.07) is 0. The van der Waals surface area contributed by atoms with Crippen molar-refractivity contribution in [1.29, 1.82) is 0 Å². The van der Waals surface area contributed by atoms with Crippen LogP contribution in [0.4, 0.5) is 0 Å². The van der Waals surface area contributed by atoms with E-state index in [1.165, 1.54) is 0 Å². The Labute approximate surface area is 182 Å². The van der Waals surface area contributed by atoms with Crippen molar-refractivity contribution in [3.05, 3.63) is 0 Å². The topological polar surface area (TPSA) is 0 Å². The van der Waals surface area contributed by atoms with Gasteiger partial charge in [-0.15, -0.1) is 0 Å². The maximum atomic E-state index is 0. The number of hydrogen-bond acceptors (Lipinski definition) is 0. The summed E-state index contributed by atoms with van der Waals surface area (Å²) in [5.41, 5.74) is 0. The van der Waals surface area contributed by atoms with Gasteiger partial charge in [-0.25, -0.2) is 0 Å². The molecule has 0 bridgehead atoms. The normalized spacial score (nSPS) is 0. The van der Waals surface area contributed by atoms with Gasteiger partial charge in [0.25, 0.3) is 0 Å². The molecule has 0 amide bonds. The summed E-state index contributed by atoms with van der Waals surface area (Å²) in [4.78, 5) is 0. The van der Waals surface area contributed by atoms with E-state index in [1.807, 2.05) is 0 Å². The van der Waals surface area contributed by atoms with Crippen LogP contribution in [-0.2, 0) is 102 Å². The average molecular weight is 508 g/mol. The molecule has 0 rings (SSSR count). The third-order valence-corrected chi connectivity index (χ3v) is 0. The average Bonchev–Trinajstić information content (AvgIpc) is 0. The van der Waals surface area contributed by atoms with E-state index in [0.29, 0.717) is 0 Å². The predicted molar refractivity (Wildman–Crippen MR) is 17.9 cm³/mol. The van der Waals surface area contributed by atoms with Gasteiger partial charge in [-0.2, -0.15) is 0 Å².